The van der Waals surface area contributed by atoms with E-state index < -0.39 is 0 Å². The van der Waals surface area contributed by atoms with Crippen molar-refractivity contribution in [1.29, 1.82) is 0 Å². The zero-order valence-electron chi connectivity index (χ0n) is 10.5. The van der Waals surface area contributed by atoms with Crippen molar-refractivity contribution in [3.05, 3.63) is 34.4 Å². The summed E-state index contributed by atoms with van der Waals surface area (Å²) in [5.74, 6) is 0. The molecule has 0 spiro atoms. The van der Waals surface area contributed by atoms with Gasteiger partial charge in [-0.2, -0.15) is 5.10 Å². The molecule has 1 heterocycles. The largest absolute Gasteiger partial charge is 0.395 e. The molecule has 0 radical (unpaired) electrons. The predicted molar refractivity (Wildman–Crippen MR) is 79.9 cm³/mol. The number of benzene rings is 1. The van der Waals surface area contributed by atoms with Gasteiger partial charge in [0.25, 0.3) is 0 Å². The molecule has 0 fully saturated rings. The van der Waals surface area contributed by atoms with Gasteiger partial charge in [0, 0.05) is 15.9 Å². The molecule has 2 N–H and O–H groups in total. The maximum atomic E-state index is 6.10. The van der Waals surface area contributed by atoms with Gasteiger partial charge in [0.1, 0.15) is 5.03 Å². The van der Waals surface area contributed by atoms with Crippen LogP contribution in [0.3, 0.4) is 0 Å². The Morgan fingerprint density at radius 3 is 2.61 bits per heavy atom. The van der Waals surface area contributed by atoms with Crippen molar-refractivity contribution in [3.63, 3.8) is 0 Å². The highest BCUT2D eigenvalue weighted by Gasteiger charge is 2.13. The minimum absolute atomic E-state index is 0.788. The summed E-state index contributed by atoms with van der Waals surface area (Å²) >= 11 is 5.10. The van der Waals surface area contributed by atoms with Crippen molar-refractivity contribution in [2.75, 3.05) is 5.73 Å². The average Bonchev–Trinajstić information content (AvgIpc) is 2.60. The van der Waals surface area contributed by atoms with Crippen LogP contribution in [0.4, 0.5) is 5.69 Å². The summed E-state index contributed by atoms with van der Waals surface area (Å²) in [6.07, 6.45) is 1.05. The van der Waals surface area contributed by atoms with Crippen LogP contribution in [0, 0.1) is 6.92 Å². The summed E-state index contributed by atoms with van der Waals surface area (Å²) in [6.45, 7) is 4.99. The normalized spacial score (nSPS) is 10.8. The first-order valence-electron chi connectivity index (χ1n) is 5.88. The van der Waals surface area contributed by atoms with E-state index >= 15 is 0 Å². The lowest BCUT2D eigenvalue weighted by Crippen LogP contribution is -2.01. The van der Waals surface area contributed by atoms with E-state index in [1.54, 1.807) is 11.8 Å². The van der Waals surface area contributed by atoms with Gasteiger partial charge in [-0.3, -0.25) is 4.68 Å². The van der Waals surface area contributed by atoms with Crippen molar-refractivity contribution in [1.82, 2.24) is 9.78 Å². The van der Waals surface area contributed by atoms with E-state index in [2.05, 4.69) is 40.1 Å². The molecule has 96 valence electrons. The molecule has 1 aromatic heterocycles. The number of rotatable bonds is 4. The molecule has 2 rings (SSSR count). The second-order valence-corrected chi connectivity index (χ2v) is 6.06. The molecule has 3 nitrogen and oxygen atoms in total. The van der Waals surface area contributed by atoms with E-state index in [4.69, 9.17) is 5.73 Å². The molecule has 0 aliphatic carbocycles. The van der Waals surface area contributed by atoms with Crippen LogP contribution in [-0.2, 0) is 6.54 Å². The van der Waals surface area contributed by atoms with Gasteiger partial charge in [0.05, 0.1) is 11.4 Å². The second-order valence-electron chi connectivity index (χ2n) is 4.08. The van der Waals surface area contributed by atoms with E-state index in [1.165, 1.54) is 4.90 Å². The molecule has 0 bridgehead atoms. The monoisotopic (exact) mass is 325 g/mol. The van der Waals surface area contributed by atoms with Crippen LogP contribution in [0.1, 0.15) is 19.0 Å². The summed E-state index contributed by atoms with van der Waals surface area (Å²) in [6, 6.07) is 8.22. The number of aromatic nitrogens is 2. The molecule has 0 saturated carbocycles. The van der Waals surface area contributed by atoms with Crippen molar-refractivity contribution < 1.29 is 0 Å². The fourth-order valence-electron chi connectivity index (χ4n) is 1.66. The lowest BCUT2D eigenvalue weighted by molar-refractivity contribution is 0.556. The lowest BCUT2D eigenvalue weighted by Gasteiger charge is -2.06. The van der Waals surface area contributed by atoms with E-state index in [9.17, 15) is 0 Å². The van der Waals surface area contributed by atoms with Crippen LogP contribution in [-0.4, -0.2) is 9.78 Å². The van der Waals surface area contributed by atoms with E-state index in [0.717, 1.165) is 33.8 Å². The molecule has 0 saturated heterocycles. The number of hydrogen-bond donors (Lipinski definition) is 1. The third kappa shape index (κ3) is 2.90. The van der Waals surface area contributed by atoms with E-state index in [-0.39, 0.29) is 0 Å². The van der Waals surface area contributed by atoms with Crippen LogP contribution < -0.4 is 5.73 Å². The second kappa shape index (κ2) is 5.80. The fraction of sp³-hybridized carbons (Fsp3) is 0.308. The Morgan fingerprint density at radius 2 is 2.00 bits per heavy atom. The van der Waals surface area contributed by atoms with E-state index in [1.807, 2.05) is 23.7 Å². The maximum absolute atomic E-state index is 6.10. The van der Waals surface area contributed by atoms with Crippen molar-refractivity contribution >= 4 is 33.4 Å². The van der Waals surface area contributed by atoms with Crippen LogP contribution in [0.15, 0.2) is 38.7 Å². The Morgan fingerprint density at radius 1 is 1.33 bits per heavy atom. The standard InChI is InChI=1S/C13H16BrN3S/c1-3-8-17-13(12(15)9(2)16-17)18-11-6-4-10(14)5-7-11/h4-7H,3,8,15H2,1-2H3. The highest BCUT2D eigenvalue weighted by Crippen LogP contribution is 2.34. The molecular weight excluding hydrogens is 310 g/mol. The molecule has 0 amide bonds. The van der Waals surface area contributed by atoms with Gasteiger partial charge in [-0.1, -0.05) is 34.6 Å². The number of nitrogen functional groups attached to an aromatic ring is 1. The van der Waals surface area contributed by atoms with Crippen LogP contribution in [0.2, 0.25) is 0 Å². The predicted octanol–water partition coefficient (Wildman–Crippen LogP) is 4.10. The highest BCUT2D eigenvalue weighted by molar-refractivity contribution is 9.10. The Balaban J connectivity index is 2.30. The zero-order valence-corrected chi connectivity index (χ0v) is 12.9. The summed E-state index contributed by atoms with van der Waals surface area (Å²) < 4.78 is 3.08. The Bertz CT molecular complexity index is 534. The third-order valence-electron chi connectivity index (χ3n) is 2.59. The molecule has 5 heteroatoms. The van der Waals surface area contributed by atoms with Gasteiger partial charge in [-0.05, 0) is 37.6 Å². The van der Waals surface area contributed by atoms with Gasteiger partial charge in [-0.25, -0.2) is 0 Å². The quantitative estimate of drug-likeness (QED) is 0.920. The van der Waals surface area contributed by atoms with Crippen LogP contribution >= 0.6 is 27.7 Å². The van der Waals surface area contributed by atoms with Gasteiger partial charge < -0.3 is 5.73 Å². The van der Waals surface area contributed by atoms with Gasteiger partial charge >= 0.3 is 0 Å². The molecule has 0 unspecified atom stereocenters. The van der Waals surface area contributed by atoms with Gasteiger partial charge in [0.2, 0.25) is 0 Å². The van der Waals surface area contributed by atoms with Crippen LogP contribution in [0.25, 0.3) is 0 Å². The molecular formula is C13H16BrN3S. The minimum Gasteiger partial charge on any atom is -0.395 e. The SMILES string of the molecule is CCCn1nc(C)c(N)c1Sc1ccc(Br)cc1. The number of aryl methyl sites for hydroxylation is 2. The lowest BCUT2D eigenvalue weighted by atomic mass is 10.4. The van der Waals surface area contributed by atoms with Crippen molar-refractivity contribution in [3.8, 4) is 0 Å². The molecule has 2 aromatic rings. The first kappa shape index (κ1) is 13.5. The molecule has 18 heavy (non-hydrogen) atoms. The number of hydrogen-bond acceptors (Lipinski definition) is 3. The van der Waals surface area contributed by atoms with Crippen molar-refractivity contribution in [2.45, 2.75) is 36.7 Å². The first-order chi connectivity index (χ1) is 8.61. The summed E-state index contributed by atoms with van der Waals surface area (Å²) in [4.78, 5) is 1.17. The fourth-order valence-corrected chi connectivity index (χ4v) is 2.91. The summed E-state index contributed by atoms with van der Waals surface area (Å²) in [5.41, 5.74) is 7.79. The summed E-state index contributed by atoms with van der Waals surface area (Å²) in [5, 5.41) is 5.51. The molecule has 1 aromatic carbocycles. The van der Waals surface area contributed by atoms with Gasteiger partial charge in [-0.15, -0.1) is 0 Å². The van der Waals surface area contributed by atoms with Crippen molar-refractivity contribution in [2.24, 2.45) is 0 Å². The summed E-state index contributed by atoms with van der Waals surface area (Å²) in [7, 11) is 0. The topological polar surface area (TPSA) is 43.8 Å². The first-order valence-corrected chi connectivity index (χ1v) is 7.49. The average molecular weight is 326 g/mol. The maximum Gasteiger partial charge on any atom is 0.122 e. The molecule has 0 atom stereocenters. The van der Waals surface area contributed by atoms with E-state index in [0.29, 0.717) is 0 Å². The Hall–Kier alpha value is -0.940. The number of anilines is 1. The minimum atomic E-state index is 0.788. The number of nitrogens with zero attached hydrogens (tertiary/aromatic N) is 2. The molecule has 0 aliphatic rings. The highest BCUT2D eigenvalue weighted by atomic mass is 79.9. The number of nitrogens with two attached hydrogens (primary N) is 1. The number of halogens is 1. The van der Waals surface area contributed by atoms with Gasteiger partial charge in [0.15, 0.2) is 0 Å². The van der Waals surface area contributed by atoms with Crippen LogP contribution in [0.5, 0.6) is 0 Å². The smallest absolute Gasteiger partial charge is 0.122 e. The Labute approximate surface area is 120 Å². The Kier molecular flexibility index (Phi) is 4.35. The molecule has 0 aliphatic heterocycles. The zero-order chi connectivity index (χ0) is 13.1. The third-order valence-corrected chi connectivity index (χ3v) is 4.25.